The Morgan fingerprint density at radius 1 is 1.36 bits per heavy atom. The van der Waals surface area contributed by atoms with Crippen LogP contribution in [0, 0.1) is 0 Å². The average Bonchev–Trinajstić information content (AvgIpc) is 2.18. The highest BCUT2D eigenvalue weighted by atomic mass is 16.3. The first-order valence-corrected chi connectivity index (χ1v) is 4.38. The molecule has 0 aliphatic carbocycles. The molecule has 0 fully saturated rings. The Hall–Kier alpha value is -1.39. The number of primary amides is 1. The number of amides is 1. The van der Waals surface area contributed by atoms with E-state index in [1.54, 1.807) is 0 Å². The van der Waals surface area contributed by atoms with Gasteiger partial charge in [0.25, 0.3) is 0 Å². The zero-order valence-corrected chi connectivity index (χ0v) is 7.76. The molecule has 0 saturated carbocycles. The van der Waals surface area contributed by atoms with Crippen LogP contribution in [0.1, 0.15) is 5.56 Å². The van der Waals surface area contributed by atoms with E-state index in [2.05, 4.69) is 0 Å². The van der Waals surface area contributed by atoms with Crippen molar-refractivity contribution in [3.8, 4) is 0 Å². The molecule has 0 saturated heterocycles. The molecule has 76 valence electrons. The van der Waals surface area contributed by atoms with Crippen molar-refractivity contribution in [1.82, 2.24) is 0 Å². The summed E-state index contributed by atoms with van der Waals surface area (Å²) in [6.07, 6.45) is -0.847. The van der Waals surface area contributed by atoms with Gasteiger partial charge in [-0.3, -0.25) is 4.79 Å². The highest BCUT2D eigenvalue weighted by molar-refractivity contribution is 5.79. The summed E-state index contributed by atoms with van der Waals surface area (Å²) >= 11 is 0. The van der Waals surface area contributed by atoms with Crippen LogP contribution in [0.4, 0.5) is 0 Å². The normalized spacial score (nSPS) is 14.7. The Balaban J connectivity index is 2.57. The smallest absolute Gasteiger partial charge is 0.247 e. The van der Waals surface area contributed by atoms with E-state index in [4.69, 9.17) is 11.5 Å². The third-order valence-corrected chi connectivity index (χ3v) is 2.01. The highest BCUT2D eigenvalue weighted by Crippen LogP contribution is 2.04. The van der Waals surface area contributed by atoms with E-state index in [0.717, 1.165) is 5.56 Å². The van der Waals surface area contributed by atoms with Crippen LogP contribution in [0.5, 0.6) is 0 Å². The van der Waals surface area contributed by atoms with E-state index >= 15 is 0 Å². The molecule has 4 nitrogen and oxygen atoms in total. The van der Waals surface area contributed by atoms with Crippen LogP contribution in [-0.2, 0) is 11.2 Å². The van der Waals surface area contributed by atoms with Gasteiger partial charge in [-0.2, -0.15) is 0 Å². The van der Waals surface area contributed by atoms with Gasteiger partial charge in [0.2, 0.25) is 5.91 Å². The molecule has 14 heavy (non-hydrogen) atoms. The molecule has 2 atom stereocenters. The van der Waals surface area contributed by atoms with E-state index in [1.807, 2.05) is 30.3 Å². The molecule has 4 heteroatoms. The Morgan fingerprint density at radius 3 is 2.43 bits per heavy atom. The maximum Gasteiger partial charge on any atom is 0.247 e. The summed E-state index contributed by atoms with van der Waals surface area (Å²) in [6, 6.07) is 8.76. The van der Waals surface area contributed by atoms with Crippen LogP contribution < -0.4 is 11.5 Å². The fourth-order valence-electron chi connectivity index (χ4n) is 1.21. The van der Waals surface area contributed by atoms with E-state index in [1.165, 1.54) is 0 Å². The number of aliphatic hydroxyl groups is 1. The summed E-state index contributed by atoms with van der Waals surface area (Å²) in [5, 5.41) is 9.26. The summed E-state index contributed by atoms with van der Waals surface area (Å²) in [5.74, 6) is -0.784. The van der Waals surface area contributed by atoms with E-state index < -0.39 is 18.1 Å². The van der Waals surface area contributed by atoms with Gasteiger partial charge in [-0.25, -0.2) is 0 Å². The van der Waals surface area contributed by atoms with Crippen LogP contribution in [0.2, 0.25) is 0 Å². The lowest BCUT2D eigenvalue weighted by molar-refractivity contribution is -0.126. The number of nitrogens with two attached hydrogens (primary N) is 2. The molecule has 1 aromatic carbocycles. The van der Waals surface area contributed by atoms with Crippen molar-refractivity contribution < 1.29 is 9.90 Å². The molecule has 5 N–H and O–H groups in total. The number of benzene rings is 1. The SMILES string of the molecule is NC(=O)[C@@H](O)[C@H](N)Cc1ccccc1. The highest BCUT2D eigenvalue weighted by Gasteiger charge is 2.20. The molecule has 1 aromatic rings. The van der Waals surface area contributed by atoms with Crippen molar-refractivity contribution in [3.63, 3.8) is 0 Å². The second kappa shape index (κ2) is 4.74. The van der Waals surface area contributed by atoms with Crippen molar-refractivity contribution in [1.29, 1.82) is 0 Å². The van der Waals surface area contributed by atoms with Crippen LogP contribution in [0.15, 0.2) is 30.3 Å². The second-order valence-electron chi connectivity index (χ2n) is 3.20. The Bertz CT molecular complexity index is 300. The monoisotopic (exact) mass is 194 g/mol. The minimum absolute atomic E-state index is 0.435. The maximum atomic E-state index is 10.6. The second-order valence-corrected chi connectivity index (χ2v) is 3.20. The largest absolute Gasteiger partial charge is 0.382 e. The van der Waals surface area contributed by atoms with Crippen molar-refractivity contribution in [2.45, 2.75) is 18.6 Å². The lowest BCUT2D eigenvalue weighted by Crippen LogP contribution is -2.45. The van der Waals surface area contributed by atoms with Crippen molar-refractivity contribution in [2.75, 3.05) is 0 Å². The summed E-state index contributed by atoms with van der Waals surface area (Å²) in [7, 11) is 0. The minimum atomic E-state index is -1.28. The third-order valence-electron chi connectivity index (χ3n) is 2.01. The molecule has 0 aliphatic heterocycles. The lowest BCUT2D eigenvalue weighted by Gasteiger charge is -2.15. The van der Waals surface area contributed by atoms with Crippen LogP contribution in [0.25, 0.3) is 0 Å². The number of carbonyl (C=O) groups excluding carboxylic acids is 1. The fraction of sp³-hybridized carbons (Fsp3) is 0.300. The predicted molar refractivity (Wildman–Crippen MR) is 53.3 cm³/mol. The molecule has 1 rings (SSSR count). The topological polar surface area (TPSA) is 89.3 Å². The van der Waals surface area contributed by atoms with Gasteiger partial charge in [0.15, 0.2) is 0 Å². The van der Waals surface area contributed by atoms with E-state index in [-0.39, 0.29) is 0 Å². The first-order chi connectivity index (χ1) is 6.61. The van der Waals surface area contributed by atoms with E-state index in [0.29, 0.717) is 6.42 Å². The van der Waals surface area contributed by atoms with Gasteiger partial charge in [-0.15, -0.1) is 0 Å². The van der Waals surface area contributed by atoms with Crippen molar-refractivity contribution >= 4 is 5.91 Å². The summed E-state index contributed by atoms with van der Waals surface area (Å²) < 4.78 is 0. The molecule has 0 unspecified atom stereocenters. The third kappa shape index (κ3) is 2.83. The number of rotatable bonds is 4. The summed E-state index contributed by atoms with van der Waals surface area (Å²) in [5.41, 5.74) is 11.5. The average molecular weight is 194 g/mol. The molecule has 0 spiro atoms. The Labute approximate surface area is 82.5 Å². The lowest BCUT2D eigenvalue weighted by atomic mass is 10.0. The van der Waals surface area contributed by atoms with Crippen LogP contribution in [-0.4, -0.2) is 23.2 Å². The van der Waals surface area contributed by atoms with Gasteiger partial charge < -0.3 is 16.6 Å². The quantitative estimate of drug-likeness (QED) is 0.598. The first-order valence-electron chi connectivity index (χ1n) is 4.38. The van der Waals surface area contributed by atoms with E-state index in [9.17, 15) is 9.90 Å². The van der Waals surface area contributed by atoms with Crippen LogP contribution in [0.3, 0.4) is 0 Å². The van der Waals surface area contributed by atoms with Crippen LogP contribution >= 0.6 is 0 Å². The van der Waals surface area contributed by atoms with Gasteiger partial charge in [0.1, 0.15) is 6.10 Å². The van der Waals surface area contributed by atoms with Gasteiger partial charge in [-0.05, 0) is 12.0 Å². The number of aliphatic hydroxyl groups excluding tert-OH is 1. The minimum Gasteiger partial charge on any atom is -0.382 e. The molecule has 0 bridgehead atoms. The zero-order chi connectivity index (χ0) is 10.6. The first kappa shape index (κ1) is 10.7. The standard InChI is InChI=1S/C10H14N2O2/c11-8(9(13)10(12)14)6-7-4-2-1-3-5-7/h1-5,8-9,13H,6,11H2,(H2,12,14)/t8-,9+/m1/s1. The molecule has 0 heterocycles. The molecular weight excluding hydrogens is 180 g/mol. The van der Waals surface area contributed by atoms with Gasteiger partial charge in [0.05, 0.1) is 0 Å². The van der Waals surface area contributed by atoms with Crippen molar-refractivity contribution in [2.24, 2.45) is 11.5 Å². The molecule has 1 amide bonds. The molecule has 0 aromatic heterocycles. The van der Waals surface area contributed by atoms with Gasteiger partial charge >= 0.3 is 0 Å². The molecule has 0 aliphatic rings. The molecule has 0 radical (unpaired) electrons. The van der Waals surface area contributed by atoms with Gasteiger partial charge in [0, 0.05) is 6.04 Å². The fourth-order valence-corrected chi connectivity index (χ4v) is 1.21. The predicted octanol–water partition coefficient (Wildman–Crippen LogP) is -0.597. The summed E-state index contributed by atoms with van der Waals surface area (Å²) in [6.45, 7) is 0. The maximum absolute atomic E-state index is 10.6. The Kier molecular flexibility index (Phi) is 3.62. The summed E-state index contributed by atoms with van der Waals surface area (Å²) in [4.78, 5) is 10.6. The Morgan fingerprint density at radius 2 is 1.93 bits per heavy atom. The number of hydrogen-bond donors (Lipinski definition) is 3. The number of carbonyl (C=O) groups is 1. The molecular formula is C10H14N2O2. The number of hydrogen-bond acceptors (Lipinski definition) is 3. The van der Waals surface area contributed by atoms with Gasteiger partial charge in [-0.1, -0.05) is 30.3 Å². The van der Waals surface area contributed by atoms with Crippen molar-refractivity contribution in [3.05, 3.63) is 35.9 Å². The zero-order valence-electron chi connectivity index (χ0n) is 7.76.